The zero-order valence-electron chi connectivity index (χ0n) is 6.60. The first-order valence-electron chi connectivity index (χ1n) is 3.51. The molecule has 1 aliphatic heterocycles. The molecule has 0 bridgehead atoms. The highest BCUT2D eigenvalue weighted by Gasteiger charge is 2.44. The van der Waals surface area contributed by atoms with Crippen molar-refractivity contribution >= 4 is 5.78 Å². The van der Waals surface area contributed by atoms with Crippen LogP contribution >= 0.6 is 0 Å². The highest BCUT2D eigenvalue weighted by atomic mass is 19.3. The lowest BCUT2D eigenvalue weighted by Crippen LogP contribution is -2.31. The average molecular weight is 163 g/mol. The van der Waals surface area contributed by atoms with Gasteiger partial charge in [0.15, 0.2) is 0 Å². The first-order chi connectivity index (χ1) is 4.92. The Kier molecular flexibility index (Phi) is 1.96. The van der Waals surface area contributed by atoms with Crippen LogP contribution in [0.5, 0.6) is 0 Å². The fourth-order valence-corrected chi connectivity index (χ4v) is 1.43. The summed E-state index contributed by atoms with van der Waals surface area (Å²) in [6.07, 6.45) is -0.321. The first-order valence-corrected chi connectivity index (χ1v) is 3.51. The molecule has 0 aromatic carbocycles. The van der Waals surface area contributed by atoms with E-state index in [4.69, 9.17) is 0 Å². The molecule has 0 aromatic heterocycles. The van der Waals surface area contributed by atoms with Gasteiger partial charge in [0, 0.05) is 6.42 Å². The molecule has 64 valence electrons. The number of alkyl halides is 2. The van der Waals surface area contributed by atoms with E-state index in [9.17, 15) is 13.6 Å². The topological polar surface area (TPSA) is 20.3 Å². The second-order valence-electron chi connectivity index (χ2n) is 3.10. The third-order valence-corrected chi connectivity index (χ3v) is 1.97. The Labute approximate surface area is 64.2 Å². The van der Waals surface area contributed by atoms with Crippen molar-refractivity contribution in [2.45, 2.75) is 25.3 Å². The van der Waals surface area contributed by atoms with Crippen molar-refractivity contribution in [3.63, 3.8) is 0 Å². The SMILES string of the molecule is CC(=O)[C@@H]1CC(F)(F)CN1C. The van der Waals surface area contributed by atoms with Crippen LogP contribution in [0.2, 0.25) is 0 Å². The zero-order chi connectivity index (χ0) is 8.65. The summed E-state index contributed by atoms with van der Waals surface area (Å²) in [6, 6.07) is -0.579. The maximum absolute atomic E-state index is 12.6. The van der Waals surface area contributed by atoms with E-state index in [1.165, 1.54) is 11.8 Å². The van der Waals surface area contributed by atoms with E-state index in [2.05, 4.69) is 0 Å². The van der Waals surface area contributed by atoms with Crippen LogP contribution in [-0.4, -0.2) is 36.2 Å². The van der Waals surface area contributed by atoms with E-state index >= 15 is 0 Å². The summed E-state index contributed by atoms with van der Waals surface area (Å²) in [5.74, 6) is -2.85. The van der Waals surface area contributed by atoms with Gasteiger partial charge in [-0.2, -0.15) is 0 Å². The Morgan fingerprint density at radius 2 is 2.18 bits per heavy atom. The molecule has 0 unspecified atom stereocenters. The maximum Gasteiger partial charge on any atom is 0.262 e. The molecule has 1 atom stereocenters. The molecule has 0 amide bonds. The zero-order valence-corrected chi connectivity index (χ0v) is 6.60. The second-order valence-corrected chi connectivity index (χ2v) is 3.10. The van der Waals surface area contributed by atoms with Crippen molar-refractivity contribution in [1.29, 1.82) is 0 Å². The van der Waals surface area contributed by atoms with Crippen LogP contribution < -0.4 is 0 Å². The molecule has 1 heterocycles. The normalized spacial score (nSPS) is 30.7. The second kappa shape index (κ2) is 2.52. The highest BCUT2D eigenvalue weighted by molar-refractivity contribution is 5.81. The summed E-state index contributed by atoms with van der Waals surface area (Å²) in [6.45, 7) is 1.06. The van der Waals surface area contributed by atoms with Crippen molar-refractivity contribution < 1.29 is 13.6 Å². The third-order valence-electron chi connectivity index (χ3n) is 1.97. The van der Waals surface area contributed by atoms with E-state index < -0.39 is 12.0 Å². The van der Waals surface area contributed by atoms with Crippen LogP contribution in [0.4, 0.5) is 8.78 Å². The highest BCUT2D eigenvalue weighted by Crippen LogP contribution is 2.30. The van der Waals surface area contributed by atoms with Gasteiger partial charge in [-0.05, 0) is 14.0 Å². The van der Waals surface area contributed by atoms with Crippen molar-refractivity contribution in [3.05, 3.63) is 0 Å². The number of carbonyl (C=O) groups is 1. The van der Waals surface area contributed by atoms with Gasteiger partial charge in [-0.25, -0.2) is 8.78 Å². The number of nitrogens with zero attached hydrogens (tertiary/aromatic N) is 1. The molecule has 0 spiro atoms. The van der Waals surface area contributed by atoms with Crippen LogP contribution in [0.1, 0.15) is 13.3 Å². The van der Waals surface area contributed by atoms with E-state index in [1.807, 2.05) is 0 Å². The summed E-state index contributed by atoms with van der Waals surface area (Å²) in [4.78, 5) is 12.2. The van der Waals surface area contributed by atoms with Gasteiger partial charge < -0.3 is 0 Å². The summed E-state index contributed by atoms with van der Waals surface area (Å²) in [5, 5.41) is 0. The molecular formula is C7H11F2NO. The molecule has 1 saturated heterocycles. The fourth-order valence-electron chi connectivity index (χ4n) is 1.43. The Morgan fingerprint density at radius 3 is 2.36 bits per heavy atom. The standard InChI is InChI=1S/C7H11F2NO/c1-5(11)6-3-7(8,9)4-10(6)2/h6H,3-4H2,1-2H3/t6-/m0/s1. The number of likely N-dealkylation sites (N-methyl/N-ethyl adjacent to an activating group) is 1. The number of halogens is 2. The van der Waals surface area contributed by atoms with Crippen molar-refractivity contribution in [3.8, 4) is 0 Å². The fraction of sp³-hybridized carbons (Fsp3) is 0.857. The third kappa shape index (κ3) is 1.74. The van der Waals surface area contributed by atoms with Gasteiger partial charge in [0.05, 0.1) is 12.6 Å². The summed E-state index contributed by atoms with van der Waals surface area (Å²) >= 11 is 0. The van der Waals surface area contributed by atoms with Crippen LogP contribution in [0.25, 0.3) is 0 Å². The van der Waals surface area contributed by atoms with Crippen LogP contribution in [0.3, 0.4) is 0 Å². The summed E-state index contributed by atoms with van der Waals surface area (Å²) < 4.78 is 25.2. The smallest absolute Gasteiger partial charge is 0.262 e. The molecule has 0 N–H and O–H groups in total. The number of ketones is 1. The molecule has 2 nitrogen and oxygen atoms in total. The maximum atomic E-state index is 12.6. The van der Waals surface area contributed by atoms with Crippen molar-refractivity contribution in [2.75, 3.05) is 13.6 Å². The quantitative estimate of drug-likeness (QED) is 0.572. The van der Waals surface area contributed by atoms with E-state index in [0.717, 1.165) is 0 Å². The number of Topliss-reactive ketones (excluding diaryl/α,β-unsaturated/α-hetero) is 1. The van der Waals surface area contributed by atoms with Gasteiger partial charge in [0.25, 0.3) is 5.92 Å². The predicted octanol–water partition coefficient (Wildman–Crippen LogP) is 0.915. The molecular weight excluding hydrogens is 152 g/mol. The largest absolute Gasteiger partial charge is 0.298 e. The molecule has 0 saturated carbocycles. The van der Waals surface area contributed by atoms with E-state index in [-0.39, 0.29) is 18.7 Å². The molecule has 4 heteroatoms. The van der Waals surface area contributed by atoms with Gasteiger partial charge in [-0.15, -0.1) is 0 Å². The Hall–Kier alpha value is -0.510. The molecule has 0 aromatic rings. The minimum atomic E-state index is -2.68. The minimum absolute atomic E-state index is 0.176. The monoisotopic (exact) mass is 163 g/mol. The molecule has 11 heavy (non-hydrogen) atoms. The van der Waals surface area contributed by atoms with E-state index in [0.29, 0.717) is 0 Å². The van der Waals surface area contributed by atoms with Crippen LogP contribution in [0, 0.1) is 0 Å². The van der Waals surface area contributed by atoms with Crippen molar-refractivity contribution in [2.24, 2.45) is 0 Å². The minimum Gasteiger partial charge on any atom is -0.298 e. The number of likely N-dealkylation sites (tertiary alicyclic amines) is 1. The lowest BCUT2D eigenvalue weighted by molar-refractivity contribution is -0.121. The Balaban J connectivity index is 2.66. The van der Waals surface area contributed by atoms with Gasteiger partial charge >= 0.3 is 0 Å². The number of hydrogen-bond acceptors (Lipinski definition) is 2. The molecule has 0 radical (unpaired) electrons. The summed E-state index contributed by atoms with van der Waals surface area (Å²) in [7, 11) is 1.55. The molecule has 0 aliphatic carbocycles. The lowest BCUT2D eigenvalue weighted by Gasteiger charge is -2.13. The lowest BCUT2D eigenvalue weighted by atomic mass is 10.1. The number of carbonyl (C=O) groups excluding carboxylic acids is 1. The molecule has 1 fully saturated rings. The molecule has 1 rings (SSSR count). The van der Waals surface area contributed by atoms with Crippen LogP contribution in [0.15, 0.2) is 0 Å². The Bertz CT molecular complexity index is 181. The average Bonchev–Trinajstić information content (AvgIpc) is 2.05. The predicted molar refractivity (Wildman–Crippen MR) is 36.7 cm³/mol. The van der Waals surface area contributed by atoms with Gasteiger partial charge in [-0.1, -0.05) is 0 Å². The number of rotatable bonds is 1. The Morgan fingerprint density at radius 1 is 1.64 bits per heavy atom. The van der Waals surface area contributed by atoms with Crippen LogP contribution in [-0.2, 0) is 4.79 Å². The van der Waals surface area contributed by atoms with E-state index in [1.54, 1.807) is 7.05 Å². The number of hydrogen-bond donors (Lipinski definition) is 0. The van der Waals surface area contributed by atoms with Gasteiger partial charge in [0.1, 0.15) is 5.78 Å². The van der Waals surface area contributed by atoms with Crippen molar-refractivity contribution in [1.82, 2.24) is 4.90 Å². The summed E-state index contributed by atoms with van der Waals surface area (Å²) in [5.41, 5.74) is 0. The van der Waals surface area contributed by atoms with Gasteiger partial charge in [-0.3, -0.25) is 9.69 Å². The molecule has 1 aliphatic rings. The van der Waals surface area contributed by atoms with Gasteiger partial charge in [0.2, 0.25) is 0 Å². The first kappa shape index (κ1) is 8.59.